The first-order chi connectivity index (χ1) is 10.1. The van der Waals surface area contributed by atoms with E-state index in [0.717, 1.165) is 17.7 Å². The van der Waals surface area contributed by atoms with Gasteiger partial charge in [0.25, 0.3) is 5.91 Å². The Hall–Kier alpha value is -2.11. The van der Waals surface area contributed by atoms with Crippen LogP contribution in [-0.4, -0.2) is 10.9 Å². The molecular formula is C15H17ClN4O. The third-order valence-corrected chi connectivity index (χ3v) is 3.23. The number of amides is 1. The predicted molar refractivity (Wildman–Crippen MR) is 84.0 cm³/mol. The number of pyridine rings is 1. The van der Waals surface area contributed by atoms with E-state index in [-0.39, 0.29) is 5.91 Å². The minimum atomic E-state index is -0.177. The van der Waals surface area contributed by atoms with E-state index in [0.29, 0.717) is 22.9 Å². The molecule has 1 aromatic heterocycles. The van der Waals surface area contributed by atoms with Gasteiger partial charge in [-0.1, -0.05) is 30.7 Å². The molecule has 0 aliphatic heterocycles. The number of aryl methyl sites for hydroxylation is 1. The van der Waals surface area contributed by atoms with Crippen molar-refractivity contribution >= 4 is 23.3 Å². The van der Waals surface area contributed by atoms with Crippen LogP contribution in [0, 0.1) is 0 Å². The number of hydrazine groups is 1. The van der Waals surface area contributed by atoms with Gasteiger partial charge in [0.15, 0.2) is 0 Å². The topological polar surface area (TPSA) is 80.0 Å². The van der Waals surface area contributed by atoms with Crippen LogP contribution in [0.4, 0.5) is 5.82 Å². The van der Waals surface area contributed by atoms with Crippen molar-refractivity contribution in [3.8, 4) is 0 Å². The lowest BCUT2D eigenvalue weighted by Gasteiger charge is -2.09. The molecule has 0 radical (unpaired) electrons. The quantitative estimate of drug-likeness (QED) is 0.586. The number of anilines is 1. The van der Waals surface area contributed by atoms with E-state index >= 15 is 0 Å². The van der Waals surface area contributed by atoms with E-state index in [1.807, 2.05) is 25.1 Å². The Balaban J connectivity index is 2.09. The molecule has 0 aliphatic rings. The monoisotopic (exact) mass is 304 g/mol. The van der Waals surface area contributed by atoms with Crippen molar-refractivity contribution in [1.82, 2.24) is 10.3 Å². The molecule has 1 aromatic carbocycles. The van der Waals surface area contributed by atoms with E-state index in [1.54, 1.807) is 18.2 Å². The molecule has 0 saturated carbocycles. The number of carbonyl (C=O) groups is 1. The zero-order valence-electron chi connectivity index (χ0n) is 11.7. The summed E-state index contributed by atoms with van der Waals surface area (Å²) < 4.78 is 0. The number of nitrogens with one attached hydrogen (secondary N) is 2. The molecule has 110 valence electrons. The maximum Gasteiger partial charge on any atom is 0.251 e. The highest BCUT2D eigenvalue weighted by molar-refractivity contribution is 6.30. The number of nitrogen functional groups attached to an aromatic ring is 1. The maximum absolute atomic E-state index is 12.2. The number of halogens is 1. The molecule has 2 rings (SSSR count). The largest absolute Gasteiger partial charge is 0.348 e. The van der Waals surface area contributed by atoms with Crippen molar-refractivity contribution in [3.63, 3.8) is 0 Å². The summed E-state index contributed by atoms with van der Waals surface area (Å²) in [6.45, 7) is 2.38. The van der Waals surface area contributed by atoms with Gasteiger partial charge in [-0.15, -0.1) is 0 Å². The summed E-state index contributed by atoms with van der Waals surface area (Å²) in [5.74, 6) is 5.66. The molecule has 0 atom stereocenters. The SMILES string of the molecule is CCc1cc(C(=O)NCc2cccc(Cl)c2)cc(NN)n1. The van der Waals surface area contributed by atoms with Crippen LogP contribution in [0.2, 0.25) is 5.02 Å². The van der Waals surface area contributed by atoms with Gasteiger partial charge in [0, 0.05) is 22.8 Å². The van der Waals surface area contributed by atoms with Crippen molar-refractivity contribution in [2.45, 2.75) is 19.9 Å². The fourth-order valence-corrected chi connectivity index (χ4v) is 2.12. The lowest BCUT2D eigenvalue weighted by molar-refractivity contribution is 0.0950. The van der Waals surface area contributed by atoms with Crippen molar-refractivity contribution < 1.29 is 4.79 Å². The van der Waals surface area contributed by atoms with Crippen LogP contribution < -0.4 is 16.6 Å². The fourth-order valence-electron chi connectivity index (χ4n) is 1.91. The predicted octanol–water partition coefficient (Wildman–Crippen LogP) is 2.51. The van der Waals surface area contributed by atoms with Gasteiger partial charge in [0.1, 0.15) is 5.82 Å². The van der Waals surface area contributed by atoms with Crippen molar-refractivity contribution in [1.29, 1.82) is 0 Å². The highest BCUT2D eigenvalue weighted by atomic mass is 35.5. The third-order valence-electron chi connectivity index (χ3n) is 2.99. The molecule has 4 N–H and O–H groups in total. The maximum atomic E-state index is 12.2. The molecule has 0 saturated heterocycles. The van der Waals surface area contributed by atoms with Crippen LogP contribution in [0.1, 0.15) is 28.5 Å². The normalized spacial score (nSPS) is 10.2. The van der Waals surface area contributed by atoms with Crippen molar-refractivity contribution in [2.75, 3.05) is 5.43 Å². The van der Waals surface area contributed by atoms with Crippen molar-refractivity contribution in [3.05, 3.63) is 58.2 Å². The molecule has 0 bridgehead atoms. The lowest BCUT2D eigenvalue weighted by Crippen LogP contribution is -2.23. The zero-order chi connectivity index (χ0) is 15.2. The highest BCUT2D eigenvalue weighted by Crippen LogP contribution is 2.12. The summed E-state index contributed by atoms with van der Waals surface area (Å²) in [5, 5.41) is 3.50. The second-order valence-electron chi connectivity index (χ2n) is 4.54. The molecule has 6 heteroatoms. The van der Waals surface area contributed by atoms with Gasteiger partial charge >= 0.3 is 0 Å². The average Bonchev–Trinajstić information content (AvgIpc) is 2.52. The molecule has 0 spiro atoms. The van der Waals surface area contributed by atoms with Crippen molar-refractivity contribution in [2.24, 2.45) is 5.84 Å². The summed E-state index contributed by atoms with van der Waals surface area (Å²) in [7, 11) is 0. The number of nitrogens with zero attached hydrogens (tertiary/aromatic N) is 1. The van der Waals surface area contributed by atoms with Gasteiger partial charge in [-0.3, -0.25) is 4.79 Å². The first-order valence-electron chi connectivity index (χ1n) is 6.62. The number of nitrogens with two attached hydrogens (primary N) is 1. The first-order valence-corrected chi connectivity index (χ1v) is 7.00. The molecular weight excluding hydrogens is 288 g/mol. The van der Waals surface area contributed by atoms with Gasteiger partial charge in [-0.25, -0.2) is 10.8 Å². The summed E-state index contributed by atoms with van der Waals surface area (Å²) in [6, 6.07) is 10.7. The van der Waals surface area contributed by atoms with E-state index in [9.17, 15) is 4.79 Å². The minimum Gasteiger partial charge on any atom is -0.348 e. The molecule has 21 heavy (non-hydrogen) atoms. The molecule has 2 aromatic rings. The Morgan fingerprint density at radius 3 is 2.81 bits per heavy atom. The van der Waals surface area contributed by atoms with Gasteiger partial charge in [-0.05, 0) is 36.2 Å². The zero-order valence-corrected chi connectivity index (χ0v) is 12.4. The highest BCUT2D eigenvalue weighted by Gasteiger charge is 2.09. The summed E-state index contributed by atoms with van der Waals surface area (Å²) in [6.07, 6.45) is 0.726. The van der Waals surface area contributed by atoms with E-state index in [2.05, 4.69) is 15.7 Å². The van der Waals surface area contributed by atoms with Crippen LogP contribution in [0.15, 0.2) is 36.4 Å². The van der Waals surface area contributed by atoms with E-state index in [1.165, 1.54) is 0 Å². The second kappa shape index (κ2) is 7.06. The Labute approximate surface area is 128 Å². The number of aromatic nitrogens is 1. The number of hydrogen-bond acceptors (Lipinski definition) is 4. The Bertz CT molecular complexity index is 623. The number of carbonyl (C=O) groups excluding carboxylic acids is 1. The van der Waals surface area contributed by atoms with Crippen LogP contribution in [0.25, 0.3) is 0 Å². The van der Waals surface area contributed by atoms with Gasteiger partial charge < -0.3 is 10.7 Å². The fraction of sp³-hybridized carbons (Fsp3) is 0.200. The average molecular weight is 305 g/mol. The summed E-state index contributed by atoms with van der Waals surface area (Å²) in [5.41, 5.74) is 4.74. The Kier molecular flexibility index (Phi) is 5.14. The molecule has 1 heterocycles. The Morgan fingerprint density at radius 1 is 1.33 bits per heavy atom. The smallest absolute Gasteiger partial charge is 0.251 e. The van der Waals surface area contributed by atoms with E-state index in [4.69, 9.17) is 17.4 Å². The summed E-state index contributed by atoms with van der Waals surface area (Å²) in [4.78, 5) is 16.4. The van der Waals surface area contributed by atoms with Gasteiger partial charge in [-0.2, -0.15) is 0 Å². The molecule has 1 amide bonds. The number of benzene rings is 1. The summed E-state index contributed by atoms with van der Waals surface area (Å²) >= 11 is 5.91. The molecule has 0 aliphatic carbocycles. The minimum absolute atomic E-state index is 0.177. The van der Waals surface area contributed by atoms with E-state index < -0.39 is 0 Å². The van der Waals surface area contributed by atoms with Crippen LogP contribution >= 0.6 is 11.6 Å². The standard InChI is InChI=1S/C15H17ClN4O/c1-2-13-7-11(8-14(19-13)20-17)15(21)18-9-10-4-3-5-12(16)6-10/h3-8H,2,9,17H2,1H3,(H,18,21)(H,19,20). The first kappa shape index (κ1) is 15.3. The lowest BCUT2D eigenvalue weighted by atomic mass is 10.1. The van der Waals surface area contributed by atoms with Gasteiger partial charge in [0.2, 0.25) is 0 Å². The van der Waals surface area contributed by atoms with Crippen LogP contribution in [0.5, 0.6) is 0 Å². The third kappa shape index (κ3) is 4.18. The molecule has 0 unspecified atom stereocenters. The number of hydrogen-bond donors (Lipinski definition) is 3. The molecule has 0 fully saturated rings. The van der Waals surface area contributed by atoms with Crippen LogP contribution in [-0.2, 0) is 13.0 Å². The number of rotatable bonds is 5. The van der Waals surface area contributed by atoms with Crippen LogP contribution in [0.3, 0.4) is 0 Å². The second-order valence-corrected chi connectivity index (χ2v) is 4.98. The molecule has 5 nitrogen and oxygen atoms in total. The Morgan fingerprint density at radius 2 is 2.14 bits per heavy atom. The van der Waals surface area contributed by atoms with Gasteiger partial charge in [0.05, 0.1) is 0 Å².